The standard InChI is InChI=1S/C18H24F3N/c1-12(2)15-9-10-17(3,4)11-16(15)22-14-7-5-13(6-8-14)18(19,20)21/h5-8,15-16,22H,1,9-11H2,2-4H3/t15-,16+/m0/s1. The lowest BCUT2D eigenvalue weighted by Crippen LogP contribution is -2.39. The van der Waals surface area contributed by atoms with Gasteiger partial charge in [-0.2, -0.15) is 13.2 Å². The number of anilines is 1. The van der Waals surface area contributed by atoms with Crippen molar-refractivity contribution in [2.75, 3.05) is 5.32 Å². The van der Waals surface area contributed by atoms with Crippen LogP contribution in [0.2, 0.25) is 0 Å². The van der Waals surface area contributed by atoms with Gasteiger partial charge in [-0.05, 0) is 61.8 Å². The van der Waals surface area contributed by atoms with E-state index in [1.165, 1.54) is 12.1 Å². The van der Waals surface area contributed by atoms with E-state index in [4.69, 9.17) is 0 Å². The largest absolute Gasteiger partial charge is 0.416 e. The van der Waals surface area contributed by atoms with Crippen molar-refractivity contribution in [1.82, 2.24) is 0 Å². The van der Waals surface area contributed by atoms with E-state index in [0.717, 1.165) is 42.7 Å². The summed E-state index contributed by atoms with van der Waals surface area (Å²) in [6.07, 6.45) is -1.08. The lowest BCUT2D eigenvalue weighted by Gasteiger charge is -2.42. The highest BCUT2D eigenvalue weighted by atomic mass is 19.4. The predicted molar refractivity (Wildman–Crippen MR) is 84.8 cm³/mol. The van der Waals surface area contributed by atoms with Crippen molar-refractivity contribution in [3.63, 3.8) is 0 Å². The zero-order chi connectivity index (χ0) is 16.5. The molecule has 1 fully saturated rings. The average Bonchev–Trinajstić information content (AvgIpc) is 2.36. The molecule has 1 aromatic carbocycles. The van der Waals surface area contributed by atoms with Crippen molar-refractivity contribution >= 4 is 5.69 Å². The summed E-state index contributed by atoms with van der Waals surface area (Å²) in [7, 11) is 0. The Labute approximate surface area is 130 Å². The topological polar surface area (TPSA) is 12.0 Å². The summed E-state index contributed by atoms with van der Waals surface area (Å²) < 4.78 is 37.8. The third-order valence-corrected chi connectivity index (χ3v) is 4.59. The van der Waals surface area contributed by atoms with E-state index in [-0.39, 0.29) is 11.5 Å². The Morgan fingerprint density at radius 1 is 1.23 bits per heavy atom. The van der Waals surface area contributed by atoms with Crippen LogP contribution in [0, 0.1) is 11.3 Å². The summed E-state index contributed by atoms with van der Waals surface area (Å²) in [5, 5.41) is 3.42. The molecule has 0 aliphatic heterocycles. The number of hydrogen-bond acceptors (Lipinski definition) is 1. The Bertz CT molecular complexity index is 528. The number of halogens is 3. The summed E-state index contributed by atoms with van der Waals surface area (Å²) in [5.74, 6) is 0.371. The van der Waals surface area contributed by atoms with E-state index in [1.54, 1.807) is 0 Å². The second-order valence-corrected chi connectivity index (χ2v) is 7.19. The Hall–Kier alpha value is -1.45. The Morgan fingerprint density at radius 3 is 2.32 bits per heavy atom. The molecule has 1 saturated carbocycles. The second kappa shape index (κ2) is 5.98. The van der Waals surface area contributed by atoms with Gasteiger partial charge in [0.15, 0.2) is 0 Å². The minimum absolute atomic E-state index is 0.220. The molecule has 0 saturated heterocycles. The third-order valence-electron chi connectivity index (χ3n) is 4.59. The first kappa shape index (κ1) is 16.9. The van der Waals surface area contributed by atoms with Crippen LogP contribution in [-0.2, 0) is 6.18 Å². The van der Waals surface area contributed by atoms with Crippen LogP contribution >= 0.6 is 0 Å². The van der Waals surface area contributed by atoms with Crippen molar-refractivity contribution < 1.29 is 13.2 Å². The smallest absolute Gasteiger partial charge is 0.382 e. The fourth-order valence-electron chi connectivity index (χ4n) is 3.30. The predicted octanol–water partition coefficient (Wildman–Crippen LogP) is 5.89. The quantitative estimate of drug-likeness (QED) is 0.686. The van der Waals surface area contributed by atoms with Crippen LogP contribution in [0.4, 0.5) is 18.9 Å². The van der Waals surface area contributed by atoms with Crippen LogP contribution in [0.3, 0.4) is 0 Å². The minimum Gasteiger partial charge on any atom is -0.382 e. The molecule has 1 aliphatic carbocycles. The van der Waals surface area contributed by atoms with Crippen LogP contribution in [0.15, 0.2) is 36.4 Å². The number of nitrogens with one attached hydrogen (secondary N) is 1. The summed E-state index contributed by atoms with van der Waals surface area (Å²) in [6, 6.07) is 5.51. The zero-order valence-corrected chi connectivity index (χ0v) is 13.4. The van der Waals surface area contributed by atoms with E-state index in [9.17, 15) is 13.2 Å². The van der Waals surface area contributed by atoms with E-state index < -0.39 is 11.7 Å². The van der Waals surface area contributed by atoms with Gasteiger partial charge in [-0.25, -0.2) is 0 Å². The number of alkyl halides is 3. The molecule has 1 nitrogen and oxygen atoms in total. The maximum Gasteiger partial charge on any atom is 0.416 e. The van der Waals surface area contributed by atoms with Gasteiger partial charge in [0.1, 0.15) is 0 Å². The molecule has 1 aliphatic rings. The average molecular weight is 311 g/mol. The molecule has 0 spiro atoms. The second-order valence-electron chi connectivity index (χ2n) is 7.19. The molecule has 22 heavy (non-hydrogen) atoms. The van der Waals surface area contributed by atoms with Crippen molar-refractivity contribution in [3.05, 3.63) is 42.0 Å². The van der Waals surface area contributed by atoms with Gasteiger partial charge in [0, 0.05) is 11.7 Å². The molecule has 0 bridgehead atoms. The summed E-state index contributed by atoms with van der Waals surface area (Å²) >= 11 is 0. The Morgan fingerprint density at radius 2 is 1.82 bits per heavy atom. The normalized spacial score (nSPS) is 24.8. The van der Waals surface area contributed by atoms with Crippen molar-refractivity contribution in [2.45, 2.75) is 52.3 Å². The molecule has 1 aromatic rings. The summed E-state index contributed by atoms with van der Waals surface area (Å²) in [5.41, 5.74) is 1.51. The van der Waals surface area contributed by atoms with E-state index in [1.807, 2.05) is 6.92 Å². The van der Waals surface area contributed by atoms with Crippen molar-refractivity contribution in [3.8, 4) is 0 Å². The van der Waals surface area contributed by atoms with Gasteiger partial charge in [0.25, 0.3) is 0 Å². The van der Waals surface area contributed by atoms with Crippen LogP contribution in [0.25, 0.3) is 0 Å². The van der Waals surface area contributed by atoms with Crippen LogP contribution < -0.4 is 5.32 Å². The van der Waals surface area contributed by atoms with Crippen LogP contribution in [0.1, 0.15) is 45.6 Å². The zero-order valence-electron chi connectivity index (χ0n) is 13.4. The lowest BCUT2D eigenvalue weighted by atomic mass is 9.68. The van der Waals surface area contributed by atoms with Gasteiger partial charge in [-0.3, -0.25) is 0 Å². The maximum absolute atomic E-state index is 12.6. The molecule has 0 heterocycles. The highest BCUT2D eigenvalue weighted by Gasteiger charge is 2.35. The number of benzene rings is 1. The lowest BCUT2D eigenvalue weighted by molar-refractivity contribution is -0.137. The SMILES string of the molecule is C=C(C)[C@@H]1CCC(C)(C)C[C@H]1Nc1ccc(C(F)(F)F)cc1. The van der Waals surface area contributed by atoms with Crippen LogP contribution in [0.5, 0.6) is 0 Å². The first-order valence-electron chi connectivity index (χ1n) is 7.68. The summed E-state index contributed by atoms with van der Waals surface area (Å²) in [6.45, 7) is 10.6. The van der Waals surface area contributed by atoms with Crippen molar-refractivity contribution in [2.24, 2.45) is 11.3 Å². The molecular formula is C18H24F3N. The molecule has 0 unspecified atom stereocenters. The molecule has 0 amide bonds. The highest BCUT2D eigenvalue weighted by molar-refractivity contribution is 5.46. The van der Waals surface area contributed by atoms with Gasteiger partial charge in [-0.15, -0.1) is 0 Å². The fourth-order valence-corrected chi connectivity index (χ4v) is 3.30. The number of hydrogen-bond donors (Lipinski definition) is 1. The van der Waals surface area contributed by atoms with Crippen LogP contribution in [-0.4, -0.2) is 6.04 Å². The molecular weight excluding hydrogens is 287 g/mol. The Balaban J connectivity index is 2.14. The van der Waals surface area contributed by atoms with E-state index in [2.05, 4.69) is 25.7 Å². The van der Waals surface area contributed by atoms with Crippen molar-refractivity contribution in [1.29, 1.82) is 0 Å². The number of rotatable bonds is 3. The molecule has 0 radical (unpaired) electrons. The van der Waals surface area contributed by atoms with Gasteiger partial charge in [0.05, 0.1) is 5.56 Å². The first-order chi connectivity index (χ1) is 10.1. The fraction of sp³-hybridized carbons (Fsp3) is 0.556. The first-order valence-corrected chi connectivity index (χ1v) is 7.68. The van der Waals surface area contributed by atoms with E-state index in [0.29, 0.717) is 5.92 Å². The molecule has 1 N–H and O–H groups in total. The molecule has 0 aromatic heterocycles. The Kier molecular flexibility index (Phi) is 4.59. The van der Waals surface area contributed by atoms with Gasteiger partial charge >= 0.3 is 6.18 Å². The molecule has 122 valence electrons. The molecule has 2 rings (SSSR count). The third kappa shape index (κ3) is 4.05. The molecule has 2 atom stereocenters. The summed E-state index contributed by atoms with van der Waals surface area (Å²) in [4.78, 5) is 0. The highest BCUT2D eigenvalue weighted by Crippen LogP contribution is 2.41. The van der Waals surface area contributed by atoms with Gasteiger partial charge in [-0.1, -0.05) is 26.0 Å². The van der Waals surface area contributed by atoms with Gasteiger partial charge in [0.2, 0.25) is 0 Å². The van der Waals surface area contributed by atoms with Gasteiger partial charge < -0.3 is 5.32 Å². The monoisotopic (exact) mass is 311 g/mol. The molecule has 4 heteroatoms. The minimum atomic E-state index is -4.29. The van der Waals surface area contributed by atoms with E-state index >= 15 is 0 Å². The maximum atomic E-state index is 12.6.